The quantitative estimate of drug-likeness (QED) is 0.284. The fourth-order valence-electron chi connectivity index (χ4n) is 4.66. The number of piperazine rings is 1. The summed E-state index contributed by atoms with van der Waals surface area (Å²) in [6.45, 7) is 8.26. The van der Waals surface area contributed by atoms with Crippen molar-refractivity contribution in [3.63, 3.8) is 0 Å². The molecule has 0 aliphatic carbocycles. The number of benzene rings is 2. The second kappa shape index (κ2) is 11.6. The number of para-hydroxylation sites is 2. The lowest BCUT2D eigenvalue weighted by atomic mass is 10.1. The van der Waals surface area contributed by atoms with E-state index in [-0.39, 0.29) is 30.4 Å². The molecule has 4 aromatic rings. The number of aryl methyl sites for hydroxylation is 2. The lowest BCUT2D eigenvalue weighted by molar-refractivity contribution is 0.251. The Kier molecular flexibility index (Phi) is 8.89. The predicted octanol–water partition coefficient (Wildman–Crippen LogP) is 4.70. The number of unbranched alkanes of at least 4 members (excludes halogenated alkanes) is 1. The maximum atomic E-state index is 12.9. The highest BCUT2D eigenvalue weighted by atomic mass is 35.5. The summed E-state index contributed by atoms with van der Waals surface area (Å²) in [5.41, 5.74) is 4.31. The van der Waals surface area contributed by atoms with Gasteiger partial charge in [0.1, 0.15) is 0 Å². The number of pyridine rings is 1. The van der Waals surface area contributed by atoms with Crippen LogP contribution in [0.4, 0.5) is 5.69 Å². The van der Waals surface area contributed by atoms with Gasteiger partial charge in [0.2, 0.25) is 0 Å². The van der Waals surface area contributed by atoms with Crippen molar-refractivity contribution in [2.45, 2.75) is 26.3 Å². The van der Waals surface area contributed by atoms with Crippen molar-refractivity contribution in [2.24, 2.45) is 0 Å². The Labute approximate surface area is 212 Å². The van der Waals surface area contributed by atoms with E-state index in [1.165, 1.54) is 11.3 Å². The molecule has 1 fully saturated rings. The normalized spacial score (nSPS) is 14.1. The van der Waals surface area contributed by atoms with Gasteiger partial charge in [-0.25, -0.2) is 4.98 Å². The fraction of sp³-hybridized carbons (Fsp3) is 0.346. The van der Waals surface area contributed by atoms with E-state index in [9.17, 15) is 4.79 Å². The first-order valence-electron chi connectivity index (χ1n) is 11.5. The van der Waals surface area contributed by atoms with Crippen molar-refractivity contribution in [1.82, 2.24) is 19.4 Å². The molecule has 180 valence electrons. The minimum atomic E-state index is 0. The second-order valence-corrected chi connectivity index (χ2v) is 8.60. The van der Waals surface area contributed by atoms with Gasteiger partial charge in [0.25, 0.3) is 5.56 Å². The van der Waals surface area contributed by atoms with Crippen molar-refractivity contribution in [3.05, 3.63) is 77.0 Å². The molecule has 2 aromatic carbocycles. The Morgan fingerprint density at radius 2 is 1.53 bits per heavy atom. The van der Waals surface area contributed by atoms with Gasteiger partial charge in [0.15, 0.2) is 0 Å². The highest BCUT2D eigenvalue weighted by molar-refractivity contribution is 6.02. The summed E-state index contributed by atoms with van der Waals surface area (Å²) < 4.78 is 1.73. The number of rotatable bonds is 6. The lowest BCUT2D eigenvalue weighted by Gasteiger charge is -2.36. The fourth-order valence-corrected chi connectivity index (χ4v) is 4.66. The molecule has 2 aromatic heterocycles. The van der Waals surface area contributed by atoms with Crippen molar-refractivity contribution in [3.8, 4) is 0 Å². The third-order valence-corrected chi connectivity index (χ3v) is 6.52. The second-order valence-electron chi connectivity index (χ2n) is 8.60. The number of hydrogen-bond acceptors (Lipinski definition) is 5. The SMILES string of the molecule is Cc1ccccc1N1CCN(CCCCn2cnc3c(cnc4ccccc43)c2=O)CC1.Cl.Cl. The molecule has 3 heterocycles. The molecule has 0 saturated carbocycles. The van der Waals surface area contributed by atoms with E-state index in [4.69, 9.17) is 0 Å². The first-order chi connectivity index (χ1) is 15.7. The Bertz CT molecular complexity index is 1300. The molecule has 0 unspecified atom stereocenters. The molecule has 0 atom stereocenters. The number of aromatic nitrogens is 3. The topological polar surface area (TPSA) is 54.3 Å². The van der Waals surface area contributed by atoms with Crippen molar-refractivity contribution in [2.75, 3.05) is 37.6 Å². The number of anilines is 1. The van der Waals surface area contributed by atoms with E-state index in [1.54, 1.807) is 17.1 Å². The first-order valence-corrected chi connectivity index (χ1v) is 11.5. The van der Waals surface area contributed by atoms with E-state index >= 15 is 0 Å². The lowest BCUT2D eigenvalue weighted by Crippen LogP contribution is -2.46. The van der Waals surface area contributed by atoms with Crippen LogP contribution in [0, 0.1) is 6.92 Å². The number of nitrogens with zero attached hydrogens (tertiary/aromatic N) is 5. The Hall–Kier alpha value is -2.67. The molecule has 1 aliphatic heterocycles. The van der Waals surface area contributed by atoms with Crippen LogP contribution in [0.15, 0.2) is 65.8 Å². The summed E-state index contributed by atoms with van der Waals surface area (Å²) in [5, 5.41) is 1.53. The van der Waals surface area contributed by atoms with Crippen molar-refractivity contribution in [1.29, 1.82) is 0 Å². The van der Waals surface area contributed by atoms with Crippen LogP contribution < -0.4 is 10.5 Å². The maximum Gasteiger partial charge on any atom is 0.262 e. The van der Waals surface area contributed by atoms with E-state index in [0.29, 0.717) is 11.9 Å². The molecule has 0 bridgehead atoms. The zero-order chi connectivity index (χ0) is 21.9. The molecule has 0 N–H and O–H groups in total. The standard InChI is InChI=1S/C26H29N5O.2ClH/c1-20-8-2-5-11-24(20)30-16-14-29(15-17-30)12-6-7-13-31-19-28-25-21-9-3-4-10-23(21)27-18-22(25)26(31)32;;/h2-5,8-11,18-19H,6-7,12-17H2,1H3;2*1H. The van der Waals surface area contributed by atoms with Crippen LogP contribution in [0.1, 0.15) is 18.4 Å². The van der Waals surface area contributed by atoms with Gasteiger partial charge in [-0.05, 0) is 44.0 Å². The third-order valence-electron chi connectivity index (χ3n) is 6.52. The van der Waals surface area contributed by atoms with Crippen LogP contribution in [-0.2, 0) is 6.54 Å². The average molecular weight is 500 g/mol. The van der Waals surface area contributed by atoms with Crippen LogP contribution in [0.3, 0.4) is 0 Å². The molecule has 6 nitrogen and oxygen atoms in total. The monoisotopic (exact) mass is 499 g/mol. The van der Waals surface area contributed by atoms with Crippen LogP contribution in [0.5, 0.6) is 0 Å². The maximum absolute atomic E-state index is 12.9. The number of hydrogen-bond donors (Lipinski definition) is 0. The highest BCUT2D eigenvalue weighted by Crippen LogP contribution is 2.21. The largest absolute Gasteiger partial charge is 0.369 e. The molecule has 1 saturated heterocycles. The van der Waals surface area contributed by atoms with Gasteiger partial charge < -0.3 is 4.90 Å². The number of halogens is 2. The molecule has 34 heavy (non-hydrogen) atoms. The smallest absolute Gasteiger partial charge is 0.262 e. The van der Waals surface area contributed by atoms with E-state index in [1.807, 2.05) is 24.3 Å². The summed E-state index contributed by atoms with van der Waals surface area (Å²) in [6.07, 6.45) is 5.40. The van der Waals surface area contributed by atoms with Crippen LogP contribution in [0.25, 0.3) is 21.8 Å². The van der Waals surface area contributed by atoms with E-state index in [2.05, 4.69) is 51.0 Å². The third kappa shape index (κ3) is 5.35. The first kappa shape index (κ1) is 25.9. The van der Waals surface area contributed by atoms with Gasteiger partial charge in [-0.15, -0.1) is 24.8 Å². The molecule has 0 spiro atoms. The molecular weight excluding hydrogens is 469 g/mol. The van der Waals surface area contributed by atoms with Crippen LogP contribution >= 0.6 is 24.8 Å². The van der Waals surface area contributed by atoms with Gasteiger partial charge >= 0.3 is 0 Å². The predicted molar refractivity (Wildman–Crippen MR) is 145 cm³/mol. The van der Waals surface area contributed by atoms with Gasteiger partial charge in [-0.2, -0.15) is 0 Å². The van der Waals surface area contributed by atoms with Gasteiger partial charge in [0.05, 0.1) is 22.7 Å². The van der Waals surface area contributed by atoms with Crippen molar-refractivity contribution >= 4 is 52.3 Å². The summed E-state index contributed by atoms with van der Waals surface area (Å²) in [4.78, 5) is 27.0. The van der Waals surface area contributed by atoms with Crippen LogP contribution in [-0.4, -0.2) is 52.2 Å². The summed E-state index contributed by atoms with van der Waals surface area (Å²) >= 11 is 0. The van der Waals surface area contributed by atoms with Gasteiger partial charge in [-0.3, -0.25) is 19.2 Å². The highest BCUT2D eigenvalue weighted by Gasteiger charge is 2.17. The molecular formula is C26H31Cl2N5O. The molecule has 0 amide bonds. The zero-order valence-electron chi connectivity index (χ0n) is 19.4. The summed E-state index contributed by atoms with van der Waals surface area (Å²) in [7, 11) is 0. The van der Waals surface area contributed by atoms with Crippen molar-refractivity contribution < 1.29 is 0 Å². The minimum absolute atomic E-state index is 0. The Balaban J connectivity index is 0.00000162. The van der Waals surface area contributed by atoms with E-state index < -0.39 is 0 Å². The minimum Gasteiger partial charge on any atom is -0.369 e. The van der Waals surface area contributed by atoms with Gasteiger partial charge in [0, 0.05) is 50.0 Å². The molecule has 0 radical (unpaired) electrons. The van der Waals surface area contributed by atoms with E-state index in [0.717, 1.165) is 62.0 Å². The molecule has 1 aliphatic rings. The van der Waals surface area contributed by atoms with Gasteiger partial charge in [-0.1, -0.05) is 36.4 Å². The average Bonchev–Trinajstić information content (AvgIpc) is 2.83. The Morgan fingerprint density at radius 1 is 0.824 bits per heavy atom. The number of fused-ring (bicyclic) bond motifs is 3. The summed E-state index contributed by atoms with van der Waals surface area (Å²) in [5.74, 6) is 0. The summed E-state index contributed by atoms with van der Waals surface area (Å²) in [6, 6.07) is 16.5. The Morgan fingerprint density at radius 3 is 2.32 bits per heavy atom. The molecule has 8 heteroatoms. The zero-order valence-corrected chi connectivity index (χ0v) is 21.0. The van der Waals surface area contributed by atoms with Crippen LogP contribution in [0.2, 0.25) is 0 Å². The molecule has 5 rings (SSSR count).